The van der Waals surface area contributed by atoms with Crippen molar-refractivity contribution >= 4 is 11.6 Å². The molecule has 2 atom stereocenters. The summed E-state index contributed by atoms with van der Waals surface area (Å²) in [6.07, 6.45) is 8.14. The van der Waals surface area contributed by atoms with E-state index < -0.39 is 5.54 Å². The number of allylic oxidation sites excluding steroid dienone is 3. The van der Waals surface area contributed by atoms with Crippen molar-refractivity contribution in [1.82, 2.24) is 10.9 Å². The van der Waals surface area contributed by atoms with Crippen molar-refractivity contribution in [3.8, 4) is 0 Å². The Bertz CT molecular complexity index is 565. The van der Waals surface area contributed by atoms with Crippen LogP contribution in [-0.4, -0.2) is 23.7 Å². The van der Waals surface area contributed by atoms with Crippen LogP contribution in [0, 0.1) is 11.3 Å². The van der Waals surface area contributed by atoms with Gasteiger partial charge in [0.15, 0.2) is 0 Å². The van der Waals surface area contributed by atoms with Crippen molar-refractivity contribution in [2.75, 3.05) is 6.54 Å². The molecule has 21 heavy (non-hydrogen) atoms. The third-order valence-corrected chi connectivity index (χ3v) is 5.19. The van der Waals surface area contributed by atoms with E-state index in [1.807, 2.05) is 6.92 Å². The van der Waals surface area contributed by atoms with Gasteiger partial charge < -0.3 is 0 Å². The molecule has 0 saturated carbocycles. The Morgan fingerprint density at radius 2 is 2.19 bits per heavy atom. The smallest absolute Gasteiger partial charge is 0.281 e. The van der Waals surface area contributed by atoms with Crippen molar-refractivity contribution in [2.24, 2.45) is 16.3 Å². The number of amides is 1. The van der Waals surface area contributed by atoms with Gasteiger partial charge in [0.05, 0.1) is 6.54 Å². The zero-order chi connectivity index (χ0) is 15.3. The maximum absolute atomic E-state index is 11.7. The average molecular weight is 287 g/mol. The van der Waals surface area contributed by atoms with Gasteiger partial charge in [0.2, 0.25) is 0 Å². The summed E-state index contributed by atoms with van der Waals surface area (Å²) in [5, 5.41) is 0. The molecule has 2 heterocycles. The Morgan fingerprint density at radius 3 is 2.81 bits per heavy atom. The van der Waals surface area contributed by atoms with Gasteiger partial charge >= 0.3 is 0 Å². The third-order valence-electron chi connectivity index (χ3n) is 5.19. The van der Waals surface area contributed by atoms with E-state index in [1.54, 1.807) is 0 Å². The quantitative estimate of drug-likeness (QED) is 0.778. The predicted octanol–water partition coefficient (Wildman–Crippen LogP) is 2.53. The highest BCUT2D eigenvalue weighted by atomic mass is 16.2. The summed E-state index contributed by atoms with van der Waals surface area (Å²) in [6.45, 7) is 9.64. The number of rotatable bonds is 1. The topological polar surface area (TPSA) is 53.5 Å². The van der Waals surface area contributed by atoms with E-state index >= 15 is 0 Å². The Labute approximate surface area is 126 Å². The van der Waals surface area contributed by atoms with Crippen LogP contribution in [-0.2, 0) is 4.79 Å². The summed E-state index contributed by atoms with van der Waals surface area (Å²) in [5.41, 5.74) is 8.94. The van der Waals surface area contributed by atoms with Crippen LogP contribution in [0.3, 0.4) is 0 Å². The van der Waals surface area contributed by atoms with Gasteiger partial charge in [-0.05, 0) is 43.1 Å². The summed E-state index contributed by atoms with van der Waals surface area (Å²) in [7, 11) is 0. The molecule has 0 aromatic rings. The number of hydrazine groups is 1. The van der Waals surface area contributed by atoms with Gasteiger partial charge in [-0.2, -0.15) is 0 Å². The molecule has 1 amide bonds. The molecule has 0 bridgehead atoms. The highest BCUT2D eigenvalue weighted by Gasteiger charge is 2.47. The number of carbonyl (C=O) groups excluding carboxylic acids is 1. The monoisotopic (exact) mass is 287 g/mol. The molecule has 4 nitrogen and oxygen atoms in total. The second-order valence-corrected chi connectivity index (χ2v) is 7.65. The van der Waals surface area contributed by atoms with Gasteiger partial charge in [0, 0.05) is 0 Å². The van der Waals surface area contributed by atoms with Crippen LogP contribution < -0.4 is 10.9 Å². The Morgan fingerprint density at radius 1 is 1.43 bits per heavy atom. The molecule has 1 fully saturated rings. The summed E-state index contributed by atoms with van der Waals surface area (Å²) < 4.78 is 0. The molecule has 2 N–H and O–H groups in total. The first-order valence-corrected chi connectivity index (χ1v) is 7.83. The standard InChI is InChI=1S/C17H25N3O/c1-16(2,3)12-7-5-11(6-8-12)9-13-10-18-14-15(21)19-20-17(13,14)4/h5,9,12,20H,6-8,10H2,1-4H3,(H,19,21)/b13-9-. The molecule has 1 aliphatic carbocycles. The van der Waals surface area contributed by atoms with Crippen LogP contribution in [0.15, 0.2) is 28.3 Å². The van der Waals surface area contributed by atoms with Gasteiger partial charge in [0.1, 0.15) is 11.3 Å². The van der Waals surface area contributed by atoms with Gasteiger partial charge in [-0.25, -0.2) is 5.43 Å². The first-order valence-electron chi connectivity index (χ1n) is 7.83. The predicted molar refractivity (Wildman–Crippen MR) is 84.9 cm³/mol. The number of hydrogen-bond donors (Lipinski definition) is 2. The van der Waals surface area contributed by atoms with E-state index in [2.05, 4.69) is 48.8 Å². The van der Waals surface area contributed by atoms with Crippen LogP contribution in [0.25, 0.3) is 0 Å². The Balaban J connectivity index is 1.76. The molecule has 1 saturated heterocycles. The van der Waals surface area contributed by atoms with Gasteiger partial charge in [-0.15, -0.1) is 0 Å². The van der Waals surface area contributed by atoms with E-state index in [9.17, 15) is 4.79 Å². The zero-order valence-electron chi connectivity index (χ0n) is 13.4. The molecule has 2 aliphatic heterocycles. The lowest BCUT2D eigenvalue weighted by atomic mass is 9.73. The van der Waals surface area contributed by atoms with E-state index in [4.69, 9.17) is 0 Å². The van der Waals surface area contributed by atoms with Crippen molar-refractivity contribution in [2.45, 2.75) is 52.5 Å². The summed E-state index contributed by atoms with van der Waals surface area (Å²) in [4.78, 5) is 16.1. The maximum Gasteiger partial charge on any atom is 0.281 e. The van der Waals surface area contributed by atoms with Crippen molar-refractivity contribution in [3.63, 3.8) is 0 Å². The minimum atomic E-state index is -0.418. The maximum atomic E-state index is 11.7. The van der Waals surface area contributed by atoms with Crippen LogP contribution in [0.5, 0.6) is 0 Å². The lowest BCUT2D eigenvalue weighted by Crippen LogP contribution is -2.44. The third kappa shape index (κ3) is 2.46. The molecule has 2 unspecified atom stereocenters. The molecule has 3 aliphatic rings. The van der Waals surface area contributed by atoms with E-state index in [0.29, 0.717) is 17.7 Å². The lowest BCUT2D eigenvalue weighted by Gasteiger charge is -2.33. The van der Waals surface area contributed by atoms with Gasteiger partial charge in [-0.3, -0.25) is 15.2 Å². The van der Waals surface area contributed by atoms with E-state index in [1.165, 1.54) is 17.6 Å². The normalized spacial score (nSPS) is 34.6. The zero-order valence-corrected chi connectivity index (χ0v) is 13.4. The van der Waals surface area contributed by atoms with Crippen LogP contribution in [0.1, 0.15) is 47.0 Å². The Kier molecular flexibility index (Phi) is 3.32. The lowest BCUT2D eigenvalue weighted by molar-refractivity contribution is -0.114. The average Bonchev–Trinajstić information content (AvgIpc) is 2.88. The molecular weight excluding hydrogens is 262 g/mol. The van der Waals surface area contributed by atoms with Crippen molar-refractivity contribution in [3.05, 3.63) is 23.3 Å². The Hall–Kier alpha value is -1.42. The first kappa shape index (κ1) is 14.5. The fourth-order valence-electron chi connectivity index (χ4n) is 3.50. The number of aliphatic imine (C=N–C) groups is 1. The number of carbonyl (C=O) groups is 1. The van der Waals surface area contributed by atoms with E-state index in [0.717, 1.165) is 18.8 Å². The molecule has 3 rings (SSSR count). The number of hydrogen-bond acceptors (Lipinski definition) is 3. The molecule has 0 aromatic heterocycles. The van der Waals surface area contributed by atoms with Gasteiger partial charge in [-0.1, -0.05) is 38.5 Å². The summed E-state index contributed by atoms with van der Waals surface area (Å²) in [5.74, 6) is 0.671. The van der Waals surface area contributed by atoms with Crippen LogP contribution >= 0.6 is 0 Å². The number of fused-ring (bicyclic) bond motifs is 1. The number of nitrogens with zero attached hydrogens (tertiary/aromatic N) is 1. The number of nitrogens with one attached hydrogen (secondary N) is 2. The van der Waals surface area contributed by atoms with Crippen molar-refractivity contribution in [1.29, 1.82) is 0 Å². The largest absolute Gasteiger partial charge is 0.285 e. The molecule has 4 heteroatoms. The first-order chi connectivity index (χ1) is 9.80. The van der Waals surface area contributed by atoms with Crippen molar-refractivity contribution < 1.29 is 4.79 Å². The minimum absolute atomic E-state index is 0.0914. The fraction of sp³-hybridized carbons (Fsp3) is 0.647. The van der Waals surface area contributed by atoms with Gasteiger partial charge in [0.25, 0.3) is 5.91 Å². The molecular formula is C17H25N3O. The SMILES string of the molecule is CC12NNC(=O)C1=NC/C2=C/C1=CCC(C(C)(C)C)CC1. The molecule has 0 aromatic carbocycles. The second-order valence-electron chi connectivity index (χ2n) is 7.65. The van der Waals surface area contributed by atoms with E-state index in [-0.39, 0.29) is 5.91 Å². The summed E-state index contributed by atoms with van der Waals surface area (Å²) in [6, 6.07) is 0. The molecule has 0 radical (unpaired) electrons. The fourth-order valence-corrected chi connectivity index (χ4v) is 3.50. The molecule has 114 valence electrons. The van der Waals surface area contributed by atoms with Crippen LogP contribution in [0.2, 0.25) is 0 Å². The summed E-state index contributed by atoms with van der Waals surface area (Å²) >= 11 is 0. The second kappa shape index (κ2) is 4.80. The van der Waals surface area contributed by atoms with Crippen LogP contribution in [0.4, 0.5) is 0 Å². The highest BCUT2D eigenvalue weighted by Crippen LogP contribution is 2.38. The molecule has 0 spiro atoms. The highest BCUT2D eigenvalue weighted by molar-refractivity contribution is 6.45. The minimum Gasteiger partial charge on any atom is -0.285 e.